The van der Waals surface area contributed by atoms with Gasteiger partial charge in [-0.05, 0) is 44.9 Å². The number of likely N-dealkylation sites (tertiary alicyclic amines) is 1. The van der Waals surface area contributed by atoms with Crippen LogP contribution >= 0.6 is 24.2 Å². The number of hydrogen-bond acceptors (Lipinski definition) is 4. The molecule has 0 radical (unpaired) electrons. The lowest BCUT2D eigenvalue weighted by Gasteiger charge is -2.29. The molecule has 0 bridgehead atoms. The number of piperidine rings is 1. The highest BCUT2D eigenvalue weighted by atomic mass is 35.5. The van der Waals surface area contributed by atoms with E-state index in [1.165, 1.54) is 18.2 Å². The molecule has 0 aromatic heterocycles. The van der Waals surface area contributed by atoms with Crippen molar-refractivity contribution < 1.29 is 9.59 Å². The van der Waals surface area contributed by atoms with Gasteiger partial charge in [0.15, 0.2) is 0 Å². The summed E-state index contributed by atoms with van der Waals surface area (Å²) in [6.45, 7) is 4.24. The fourth-order valence-corrected chi connectivity index (χ4v) is 3.58. The fraction of sp³-hybridized carbons (Fsp3) is 0.867. The number of carbonyl (C=O) groups is 2. The van der Waals surface area contributed by atoms with E-state index < -0.39 is 0 Å². The van der Waals surface area contributed by atoms with E-state index >= 15 is 0 Å². The second-order valence-corrected chi connectivity index (χ2v) is 7.36. The molecule has 5 nitrogen and oxygen atoms in total. The van der Waals surface area contributed by atoms with Crippen LogP contribution in [0, 0.1) is 5.92 Å². The zero-order chi connectivity index (χ0) is 15.3. The summed E-state index contributed by atoms with van der Waals surface area (Å²) >= 11 is 1.40. The Labute approximate surface area is 143 Å². The lowest BCUT2D eigenvalue weighted by atomic mass is 9.96. The standard InChI is InChI=1S/C15H27N3O2S.ClH/c1-15(11-16,12-5-6-12)17-13(19)9-21-10-14(20)18-7-3-2-4-8-18;/h12H,2-11,16H2,1H3,(H,17,19);1H. The highest BCUT2D eigenvalue weighted by molar-refractivity contribution is 8.00. The lowest BCUT2D eigenvalue weighted by Crippen LogP contribution is -2.53. The van der Waals surface area contributed by atoms with Crippen LogP contribution in [0.2, 0.25) is 0 Å². The summed E-state index contributed by atoms with van der Waals surface area (Å²) < 4.78 is 0. The van der Waals surface area contributed by atoms with Gasteiger partial charge >= 0.3 is 0 Å². The topological polar surface area (TPSA) is 75.4 Å². The van der Waals surface area contributed by atoms with E-state index in [4.69, 9.17) is 5.73 Å². The number of carbonyl (C=O) groups excluding carboxylic acids is 2. The molecule has 0 aromatic rings. The van der Waals surface area contributed by atoms with E-state index in [2.05, 4.69) is 5.32 Å². The Kier molecular flexibility index (Phi) is 8.00. The summed E-state index contributed by atoms with van der Waals surface area (Å²) in [5.74, 6) is 1.41. The van der Waals surface area contributed by atoms with Crippen LogP contribution in [0.25, 0.3) is 0 Å². The number of nitrogens with one attached hydrogen (secondary N) is 1. The van der Waals surface area contributed by atoms with Crippen LogP contribution < -0.4 is 11.1 Å². The Balaban J connectivity index is 0.00000242. The van der Waals surface area contributed by atoms with Crippen molar-refractivity contribution >= 4 is 36.0 Å². The van der Waals surface area contributed by atoms with Gasteiger partial charge in [-0.15, -0.1) is 24.2 Å². The predicted octanol–water partition coefficient (Wildman–Crippen LogP) is 1.40. The number of thioether (sulfide) groups is 1. The molecular weight excluding hydrogens is 322 g/mol. The predicted molar refractivity (Wildman–Crippen MR) is 93.3 cm³/mol. The molecule has 128 valence electrons. The average Bonchev–Trinajstić information content (AvgIpc) is 3.33. The number of nitrogens with zero attached hydrogens (tertiary/aromatic N) is 1. The van der Waals surface area contributed by atoms with Crippen molar-refractivity contribution in [3.05, 3.63) is 0 Å². The first kappa shape index (κ1) is 19.6. The normalized spacial score (nSPS) is 20.7. The summed E-state index contributed by atoms with van der Waals surface area (Å²) in [6, 6.07) is 0. The van der Waals surface area contributed by atoms with Gasteiger partial charge in [0.25, 0.3) is 0 Å². The van der Waals surface area contributed by atoms with Gasteiger partial charge in [-0.25, -0.2) is 0 Å². The Bertz CT molecular complexity index is 387. The highest BCUT2D eigenvalue weighted by Gasteiger charge is 2.41. The number of halogens is 1. The van der Waals surface area contributed by atoms with Crippen molar-refractivity contribution in [2.45, 2.75) is 44.6 Å². The molecule has 2 amide bonds. The van der Waals surface area contributed by atoms with Gasteiger partial charge in [0, 0.05) is 19.6 Å². The summed E-state index contributed by atoms with van der Waals surface area (Å²) in [6.07, 6.45) is 5.72. The van der Waals surface area contributed by atoms with E-state index in [0.29, 0.717) is 24.0 Å². The monoisotopic (exact) mass is 349 g/mol. The first-order valence-corrected chi connectivity index (χ1v) is 9.07. The van der Waals surface area contributed by atoms with Gasteiger partial charge in [-0.2, -0.15) is 0 Å². The second-order valence-electron chi connectivity index (χ2n) is 6.38. The SMILES string of the molecule is CC(CN)(NC(=O)CSCC(=O)N1CCCCC1)C1CC1.Cl. The number of nitrogens with two attached hydrogens (primary N) is 1. The molecule has 1 saturated carbocycles. The van der Waals surface area contributed by atoms with Crippen molar-refractivity contribution in [2.24, 2.45) is 11.7 Å². The van der Waals surface area contributed by atoms with Crippen LogP contribution in [-0.4, -0.2) is 53.4 Å². The van der Waals surface area contributed by atoms with Crippen LogP contribution in [0.5, 0.6) is 0 Å². The maximum Gasteiger partial charge on any atom is 0.232 e. The molecule has 1 saturated heterocycles. The summed E-state index contributed by atoms with van der Waals surface area (Å²) in [5.41, 5.74) is 5.52. The quantitative estimate of drug-likeness (QED) is 0.728. The number of amides is 2. The third kappa shape index (κ3) is 5.63. The molecule has 1 atom stereocenters. The Morgan fingerprint density at radius 3 is 2.41 bits per heavy atom. The third-order valence-electron chi connectivity index (χ3n) is 4.49. The van der Waals surface area contributed by atoms with Crippen LogP contribution in [0.3, 0.4) is 0 Å². The van der Waals surface area contributed by atoms with Crippen LogP contribution in [-0.2, 0) is 9.59 Å². The van der Waals surface area contributed by atoms with Crippen molar-refractivity contribution in [3.63, 3.8) is 0 Å². The zero-order valence-electron chi connectivity index (χ0n) is 13.3. The Morgan fingerprint density at radius 1 is 1.23 bits per heavy atom. The van der Waals surface area contributed by atoms with Gasteiger partial charge in [0.2, 0.25) is 11.8 Å². The van der Waals surface area contributed by atoms with Gasteiger partial charge in [0.05, 0.1) is 17.0 Å². The van der Waals surface area contributed by atoms with Crippen LogP contribution in [0.4, 0.5) is 0 Å². The van der Waals surface area contributed by atoms with Crippen molar-refractivity contribution in [1.82, 2.24) is 10.2 Å². The molecule has 3 N–H and O–H groups in total. The third-order valence-corrected chi connectivity index (χ3v) is 5.41. The first-order chi connectivity index (χ1) is 10.0. The van der Waals surface area contributed by atoms with E-state index in [0.717, 1.165) is 38.8 Å². The molecule has 22 heavy (non-hydrogen) atoms. The molecule has 7 heteroatoms. The molecule has 0 aromatic carbocycles. The highest BCUT2D eigenvalue weighted by Crippen LogP contribution is 2.38. The van der Waals surface area contributed by atoms with E-state index in [9.17, 15) is 9.59 Å². The Morgan fingerprint density at radius 2 is 1.86 bits per heavy atom. The molecule has 0 spiro atoms. The minimum Gasteiger partial charge on any atom is -0.349 e. The van der Waals surface area contributed by atoms with Crippen LogP contribution in [0.15, 0.2) is 0 Å². The summed E-state index contributed by atoms with van der Waals surface area (Å²) in [7, 11) is 0. The van der Waals surface area contributed by atoms with Crippen molar-refractivity contribution in [2.75, 3.05) is 31.1 Å². The molecule has 1 aliphatic carbocycles. The molecule has 2 rings (SSSR count). The smallest absolute Gasteiger partial charge is 0.232 e. The molecular formula is C15H28ClN3O2S. The number of rotatable bonds is 7. The second kappa shape index (κ2) is 8.99. The van der Waals surface area contributed by atoms with E-state index in [-0.39, 0.29) is 29.8 Å². The average molecular weight is 350 g/mol. The molecule has 2 fully saturated rings. The summed E-state index contributed by atoms with van der Waals surface area (Å²) in [4.78, 5) is 25.9. The van der Waals surface area contributed by atoms with Crippen molar-refractivity contribution in [1.29, 1.82) is 0 Å². The Hall–Kier alpha value is -0.460. The number of hydrogen-bond donors (Lipinski definition) is 2. The molecule has 1 aliphatic heterocycles. The van der Waals surface area contributed by atoms with Crippen LogP contribution in [0.1, 0.15) is 39.0 Å². The fourth-order valence-electron chi connectivity index (χ4n) is 2.86. The van der Waals surface area contributed by atoms with E-state index in [1.54, 1.807) is 0 Å². The van der Waals surface area contributed by atoms with Gasteiger partial charge < -0.3 is 16.0 Å². The summed E-state index contributed by atoms with van der Waals surface area (Å²) in [5, 5.41) is 3.05. The minimum atomic E-state index is -0.269. The molecule has 1 heterocycles. The maximum absolute atomic E-state index is 12.0. The largest absolute Gasteiger partial charge is 0.349 e. The van der Waals surface area contributed by atoms with E-state index in [1.807, 2.05) is 11.8 Å². The van der Waals surface area contributed by atoms with Gasteiger partial charge in [-0.1, -0.05) is 0 Å². The molecule has 2 aliphatic rings. The van der Waals surface area contributed by atoms with Gasteiger partial charge in [0.1, 0.15) is 0 Å². The lowest BCUT2D eigenvalue weighted by molar-refractivity contribution is -0.129. The van der Waals surface area contributed by atoms with Crippen molar-refractivity contribution in [3.8, 4) is 0 Å². The maximum atomic E-state index is 12.0. The minimum absolute atomic E-state index is 0. The van der Waals surface area contributed by atoms with Gasteiger partial charge in [-0.3, -0.25) is 9.59 Å². The zero-order valence-corrected chi connectivity index (χ0v) is 14.9. The molecule has 1 unspecified atom stereocenters. The first-order valence-electron chi connectivity index (χ1n) is 7.92.